The molecule has 5 saturated heterocycles. The van der Waals surface area contributed by atoms with E-state index < -0.39 is 235 Å². The maximum Gasteiger partial charge on any atom is 0.306 e. The van der Waals surface area contributed by atoms with E-state index in [-0.39, 0.29) is 42.3 Å². The number of carboxylic acid groups (broad SMARTS) is 1. The number of aliphatic carboxylic acids is 1. The maximum absolute atomic E-state index is 12.5. The monoisotopic (exact) mass is 1490 g/mol. The summed E-state index contributed by atoms with van der Waals surface area (Å²) in [6.07, 6.45) is -29.7. The molecule has 30 atom stereocenters. The molecule has 28 N–H and O–H groups in total. The van der Waals surface area contributed by atoms with Crippen LogP contribution in [0.2, 0.25) is 0 Å². The molecule has 1 aromatic heterocycles. The Bertz CT molecular complexity index is 3200. The zero-order valence-electron chi connectivity index (χ0n) is 57.6. The van der Waals surface area contributed by atoms with E-state index in [0.29, 0.717) is 42.5 Å². The number of nitrogen functional groups attached to an aromatic ring is 1. The van der Waals surface area contributed by atoms with Gasteiger partial charge in [0.15, 0.2) is 37.2 Å². The highest BCUT2D eigenvalue weighted by Gasteiger charge is 2.57. The van der Waals surface area contributed by atoms with Gasteiger partial charge in [-0.1, -0.05) is 49.3 Å². The molecule has 6 aliphatic rings. The number of amides is 1. The number of carboxylic acids is 1. The molecule has 104 heavy (non-hydrogen) atoms. The molecule has 6 heterocycles. The fourth-order valence-corrected chi connectivity index (χ4v) is 12.9. The van der Waals surface area contributed by atoms with E-state index in [1.165, 1.54) is 7.11 Å². The molecule has 0 spiro atoms. The molecule has 8 rings (SSSR count). The van der Waals surface area contributed by atoms with Gasteiger partial charge in [0.1, 0.15) is 110 Å². The maximum atomic E-state index is 12.5. The number of hydrogen-bond donors (Lipinski definition) is 22. The van der Waals surface area contributed by atoms with E-state index in [1.807, 2.05) is 18.2 Å². The Morgan fingerprint density at radius 3 is 1.65 bits per heavy atom. The number of nitrogens with zero attached hydrogens (tertiary/aromatic N) is 2. The molecule has 1 amide bonds. The first kappa shape index (κ1) is 85.5. The number of aliphatic hydroxyl groups is 13. The van der Waals surface area contributed by atoms with Crippen LogP contribution in [0.5, 0.6) is 0 Å². The van der Waals surface area contributed by atoms with Gasteiger partial charge in [-0.2, -0.15) is 0 Å². The summed E-state index contributed by atoms with van der Waals surface area (Å²) in [7, 11) is 1.21. The van der Waals surface area contributed by atoms with Gasteiger partial charge in [0.25, 0.3) is 5.56 Å². The predicted molar refractivity (Wildman–Crippen MR) is 355 cm³/mol. The smallest absolute Gasteiger partial charge is 0.306 e. The number of hydrogen-bond acceptors (Lipinski definition) is 37. The van der Waals surface area contributed by atoms with Crippen LogP contribution in [0, 0.1) is 11.8 Å². The number of fused-ring (bicyclic) bond motifs is 1. The summed E-state index contributed by atoms with van der Waals surface area (Å²) in [5, 5.41) is 154. The minimum absolute atomic E-state index is 0.00528. The van der Waals surface area contributed by atoms with Crippen molar-refractivity contribution in [2.24, 2.45) is 45.7 Å². The summed E-state index contributed by atoms with van der Waals surface area (Å²) in [5.74, 6) is -3.38. The highest BCUT2D eigenvalue weighted by molar-refractivity contribution is 5.98. The molecule has 1 aliphatic carbocycles. The molecule has 0 radical (unpaired) electrons. The molecule has 5 fully saturated rings. The fourth-order valence-electron chi connectivity index (χ4n) is 12.9. The summed E-state index contributed by atoms with van der Waals surface area (Å²) in [4.78, 5) is 71.4. The molecule has 40 nitrogen and oxygen atoms in total. The number of H-pyrrole nitrogens is 1. The SMILES string of the molecule is CCC(=O)CCC(CC(=O)c1ccc(CCC2=CCc3nc(N)[nH]c(=O)c32)cc1)C(=O)O.CO/N=C/C(N)C(O)C(OC1OC(CO)C(OC2OC(CO)C(OC3OC(CO)C(OC4OC(CO)C(OC5OC(CO)C(C)C(O)C5N)C(O)C4NC(C)=O)C(O)C3N)C(O)C2N)C(O)C1N)C(O)CO. The standard InChI is InChI=1S/C40H75N7O25.C24H27N3O5/c1-11-15(6-49)63-36(20(42)25(11)56)71-35-19(10-53)67-40(24(30(35)61)47-12(2)54)72-34-18(9-52)66-39(23(45)29(34)60)70-33-17(8-51)65-38(22(44)28(33)59)69-32-16(7-50)64-37(21(43)27(32)58)68-31(14(55)5-48)26(57)13(41)4-46-62-3;1-2-18(28)11-9-17(23(31)32)13-20(29)15-6-3-14(4-7-15)5-8-16-10-12-19-21(16)22(30)27-24(25)26-19/h4,11,13-40,48-53,55-61H,5-10,41-45H2,1-3H3,(H,47,54);3-4,6-7,10,17H,2,5,8-9,11-13H2,1H3,(H,31,32)(H3,25,26,27,30)/b46-4+;. The Morgan fingerprint density at radius 2 is 1.17 bits per heavy atom. The van der Waals surface area contributed by atoms with Gasteiger partial charge < -0.3 is 163 Å². The van der Waals surface area contributed by atoms with Crippen LogP contribution in [0.1, 0.15) is 80.1 Å². The van der Waals surface area contributed by atoms with Gasteiger partial charge >= 0.3 is 5.97 Å². The zero-order valence-corrected chi connectivity index (χ0v) is 57.6. The van der Waals surface area contributed by atoms with Crippen molar-refractivity contribution in [2.75, 3.05) is 52.5 Å². The molecule has 30 unspecified atom stereocenters. The van der Waals surface area contributed by atoms with E-state index in [0.717, 1.165) is 24.3 Å². The van der Waals surface area contributed by atoms with Crippen LogP contribution in [0.4, 0.5) is 5.95 Å². The van der Waals surface area contributed by atoms with E-state index in [9.17, 15) is 95.5 Å². The van der Waals surface area contributed by atoms with E-state index in [1.54, 1.807) is 26.0 Å². The lowest BCUT2D eigenvalue weighted by Gasteiger charge is -2.50. The first-order valence-electron chi connectivity index (χ1n) is 33.9. The number of aromatic amines is 1. The van der Waals surface area contributed by atoms with Crippen molar-refractivity contribution in [2.45, 2.75) is 237 Å². The first-order valence-corrected chi connectivity index (χ1v) is 33.9. The van der Waals surface area contributed by atoms with Gasteiger partial charge in [-0.3, -0.25) is 29.0 Å². The van der Waals surface area contributed by atoms with E-state index in [4.69, 9.17) is 81.8 Å². The Kier molecular flexibility index (Phi) is 32.4. The van der Waals surface area contributed by atoms with Crippen molar-refractivity contribution in [1.29, 1.82) is 0 Å². The Hall–Kier alpha value is -5.73. The number of carbonyl (C=O) groups excluding carboxylic acids is 3. The van der Waals surface area contributed by atoms with Crippen molar-refractivity contribution in [3.8, 4) is 0 Å². The van der Waals surface area contributed by atoms with Crippen LogP contribution in [-0.2, 0) is 79.4 Å². The number of carbonyl (C=O) groups is 4. The van der Waals surface area contributed by atoms with Crippen molar-refractivity contribution in [1.82, 2.24) is 15.3 Å². The number of aryl methyl sites for hydroxylation is 1. The molecule has 1 aromatic carbocycles. The number of Topliss-reactive ketones (excluding diaryl/α,β-unsaturated/α-hetero) is 2. The summed E-state index contributed by atoms with van der Waals surface area (Å²) in [6.45, 7) is -0.505. The van der Waals surface area contributed by atoms with Crippen LogP contribution in [0.15, 0.2) is 40.3 Å². The van der Waals surface area contributed by atoms with Gasteiger partial charge in [-0.05, 0) is 30.4 Å². The number of aliphatic hydroxyl groups excluding tert-OH is 13. The summed E-state index contributed by atoms with van der Waals surface area (Å²) >= 11 is 0. The van der Waals surface area contributed by atoms with Gasteiger partial charge in [0.05, 0.1) is 105 Å². The van der Waals surface area contributed by atoms with Crippen molar-refractivity contribution in [3.05, 3.63) is 63.1 Å². The Labute approximate surface area is 596 Å². The summed E-state index contributed by atoms with van der Waals surface area (Å²) < 4.78 is 58.7. The molecule has 0 saturated carbocycles. The number of allylic oxidation sites excluding steroid dienone is 2. The number of ether oxygens (including phenoxy) is 10. The number of oxime groups is 1. The fraction of sp³-hybridized carbons (Fsp3) is 0.734. The van der Waals surface area contributed by atoms with Gasteiger partial charge in [0, 0.05) is 44.1 Å². The zero-order chi connectivity index (χ0) is 76.7. The number of ketones is 2. The average Bonchev–Trinajstić information content (AvgIpc) is 0.963. The molecular formula is C64H102N10O30. The lowest BCUT2D eigenvalue weighted by Crippen LogP contribution is -2.71. The van der Waals surface area contributed by atoms with Crippen molar-refractivity contribution < 1.29 is 143 Å². The van der Waals surface area contributed by atoms with Gasteiger partial charge in [-0.15, -0.1) is 0 Å². The highest BCUT2D eigenvalue weighted by Crippen LogP contribution is 2.37. The normalized spacial score (nSPS) is 35.8. The molecule has 2 aromatic rings. The lowest BCUT2D eigenvalue weighted by molar-refractivity contribution is -0.366. The van der Waals surface area contributed by atoms with Crippen LogP contribution in [0.3, 0.4) is 0 Å². The van der Waals surface area contributed by atoms with Crippen LogP contribution in [-0.4, -0.2) is 329 Å². The number of aromatic nitrogens is 2. The third-order valence-corrected chi connectivity index (χ3v) is 19.1. The topological polar surface area (TPSA) is 679 Å². The molecule has 0 bridgehead atoms. The second-order valence-corrected chi connectivity index (χ2v) is 26.2. The molecule has 588 valence electrons. The Morgan fingerprint density at radius 1 is 0.702 bits per heavy atom. The van der Waals surface area contributed by atoms with Crippen molar-refractivity contribution in [3.63, 3.8) is 0 Å². The van der Waals surface area contributed by atoms with E-state index >= 15 is 0 Å². The first-order chi connectivity index (χ1) is 49.4. The predicted octanol–water partition coefficient (Wildman–Crippen LogP) is -9.62. The van der Waals surface area contributed by atoms with Crippen LogP contribution < -0.4 is 45.3 Å². The quantitative estimate of drug-likeness (QED) is 0.0179. The Balaban J connectivity index is 0.000000391. The number of nitrogens with two attached hydrogens (primary N) is 6. The average molecular weight is 1490 g/mol. The second kappa shape index (κ2) is 39.4. The van der Waals surface area contributed by atoms with Crippen LogP contribution >= 0.6 is 0 Å². The highest BCUT2D eigenvalue weighted by atomic mass is 16.8. The second-order valence-electron chi connectivity index (χ2n) is 26.2. The molecular weight excluding hydrogens is 1390 g/mol. The summed E-state index contributed by atoms with van der Waals surface area (Å²) in [5.41, 5.74) is 40.1. The van der Waals surface area contributed by atoms with Crippen molar-refractivity contribution >= 4 is 41.2 Å². The molecule has 40 heteroatoms. The van der Waals surface area contributed by atoms with E-state index in [2.05, 4.69) is 25.3 Å². The minimum atomic E-state index is -1.83. The molecule has 5 aliphatic heterocycles. The number of nitrogens with one attached hydrogen (secondary N) is 2. The third kappa shape index (κ3) is 20.7. The summed E-state index contributed by atoms with van der Waals surface area (Å²) in [6, 6.07) is -1.70. The number of anilines is 1. The lowest BCUT2D eigenvalue weighted by atomic mass is 9.89. The number of benzene rings is 1. The van der Waals surface area contributed by atoms with Crippen LogP contribution in [0.25, 0.3) is 5.57 Å². The van der Waals surface area contributed by atoms with Gasteiger partial charge in [-0.25, -0.2) is 4.98 Å². The third-order valence-electron chi connectivity index (χ3n) is 19.1. The minimum Gasteiger partial charge on any atom is -0.481 e. The number of rotatable bonds is 33. The van der Waals surface area contributed by atoms with Gasteiger partial charge in [0.2, 0.25) is 11.9 Å². The largest absolute Gasteiger partial charge is 0.481 e.